The summed E-state index contributed by atoms with van der Waals surface area (Å²) in [6.45, 7) is 1.93. The molecule has 2 aromatic heterocycles. The summed E-state index contributed by atoms with van der Waals surface area (Å²) >= 11 is 0. The lowest BCUT2D eigenvalue weighted by Crippen LogP contribution is -2.26. The van der Waals surface area contributed by atoms with Crippen molar-refractivity contribution in [1.82, 2.24) is 24.6 Å². The third-order valence-corrected chi connectivity index (χ3v) is 6.86. The van der Waals surface area contributed by atoms with Crippen molar-refractivity contribution in [3.05, 3.63) is 48.7 Å². The number of aliphatic hydroxyl groups excluding tert-OH is 1. The van der Waals surface area contributed by atoms with Crippen molar-refractivity contribution in [2.24, 2.45) is 0 Å². The minimum atomic E-state index is -1.84. The first-order valence-corrected chi connectivity index (χ1v) is 13.9. The molecule has 0 radical (unpaired) electrons. The molecule has 0 fully saturated rings. The zero-order chi connectivity index (χ0) is 29.5. The predicted octanol–water partition coefficient (Wildman–Crippen LogP) is 2.96. The van der Waals surface area contributed by atoms with Crippen LogP contribution in [0.15, 0.2) is 53.7 Å². The van der Waals surface area contributed by atoms with Gasteiger partial charge in [0.2, 0.25) is 5.91 Å². The first kappa shape index (κ1) is 29.6. The lowest BCUT2D eigenvalue weighted by atomic mass is 10.2. The number of nitrogens with one attached hydrogen (secondary N) is 2. The number of benzene rings is 2. The van der Waals surface area contributed by atoms with E-state index in [0.717, 1.165) is 0 Å². The highest BCUT2D eigenvalue weighted by atomic mass is 32.2. The van der Waals surface area contributed by atoms with Gasteiger partial charge < -0.3 is 29.5 Å². The van der Waals surface area contributed by atoms with Gasteiger partial charge in [-0.1, -0.05) is 12.1 Å². The zero-order valence-electron chi connectivity index (χ0n) is 23.5. The molecule has 0 saturated carbocycles. The van der Waals surface area contributed by atoms with Gasteiger partial charge in [-0.2, -0.15) is 5.10 Å². The molecule has 0 saturated heterocycles. The van der Waals surface area contributed by atoms with E-state index in [-0.39, 0.29) is 35.7 Å². The quantitative estimate of drug-likeness (QED) is 0.214. The molecule has 0 spiro atoms. The Hall–Kier alpha value is -4.43. The maximum Gasteiger partial charge on any atom is 0.243 e. The van der Waals surface area contributed by atoms with Gasteiger partial charge in [0.05, 0.1) is 43.7 Å². The normalized spacial score (nSPS) is 12.4. The average molecular weight is 584 g/mol. The van der Waals surface area contributed by atoms with Gasteiger partial charge in [-0.25, -0.2) is 14.2 Å². The highest BCUT2D eigenvalue weighted by Gasteiger charge is 2.20. The summed E-state index contributed by atoms with van der Waals surface area (Å²) in [5.74, 6) is 1.58. The van der Waals surface area contributed by atoms with Crippen molar-refractivity contribution in [3.63, 3.8) is 0 Å². The van der Waals surface area contributed by atoms with Crippen LogP contribution in [0, 0.1) is 0 Å². The fourth-order valence-electron chi connectivity index (χ4n) is 3.66. The van der Waals surface area contributed by atoms with E-state index in [1.54, 1.807) is 51.5 Å². The molecule has 13 nitrogen and oxygen atoms in total. The van der Waals surface area contributed by atoms with E-state index >= 15 is 0 Å². The van der Waals surface area contributed by atoms with Gasteiger partial charge in [0.15, 0.2) is 39.1 Å². The van der Waals surface area contributed by atoms with E-state index < -0.39 is 17.1 Å². The van der Waals surface area contributed by atoms with Crippen molar-refractivity contribution in [3.8, 4) is 17.2 Å². The lowest BCUT2D eigenvalue weighted by molar-refractivity contribution is -0.129. The van der Waals surface area contributed by atoms with Gasteiger partial charge in [-0.05, 0) is 25.1 Å². The molecule has 0 aliphatic carbocycles. The molecule has 0 bridgehead atoms. The first-order valence-electron chi connectivity index (χ1n) is 12.7. The highest BCUT2D eigenvalue weighted by Crippen LogP contribution is 2.42. The van der Waals surface area contributed by atoms with Crippen molar-refractivity contribution in [2.75, 3.05) is 45.0 Å². The Labute approximate surface area is 240 Å². The van der Waals surface area contributed by atoms with E-state index in [1.165, 1.54) is 23.8 Å². The number of aromatic nitrogens is 4. The minimum absolute atomic E-state index is 0.0162. The van der Waals surface area contributed by atoms with Gasteiger partial charge >= 0.3 is 0 Å². The SMILES string of the molecule is COc1cc(Nc2nc3ccccc3nc2NS(=O)c2ccn(CC(=O)N(C)C)n2)c(OCCC(C)O)c(OC)c1. The monoisotopic (exact) mass is 583 g/mol. The maximum absolute atomic E-state index is 13.3. The van der Waals surface area contributed by atoms with E-state index in [4.69, 9.17) is 19.2 Å². The van der Waals surface area contributed by atoms with E-state index in [9.17, 15) is 14.1 Å². The predicted molar refractivity (Wildman–Crippen MR) is 155 cm³/mol. The molecule has 218 valence electrons. The number of methoxy groups -OCH3 is 2. The number of aliphatic hydroxyl groups is 1. The summed E-state index contributed by atoms with van der Waals surface area (Å²) in [5, 5.41) is 17.4. The van der Waals surface area contributed by atoms with Gasteiger partial charge in [-0.15, -0.1) is 0 Å². The van der Waals surface area contributed by atoms with Crippen LogP contribution < -0.4 is 24.2 Å². The van der Waals surface area contributed by atoms with Crippen molar-refractivity contribution < 1.29 is 28.3 Å². The topological polar surface area (TPSA) is 153 Å². The molecule has 41 heavy (non-hydrogen) atoms. The number of nitrogens with zero attached hydrogens (tertiary/aromatic N) is 5. The first-order chi connectivity index (χ1) is 19.7. The van der Waals surface area contributed by atoms with E-state index in [2.05, 4.69) is 20.1 Å². The number of hydrogen-bond donors (Lipinski definition) is 3. The van der Waals surface area contributed by atoms with Crippen LogP contribution in [0.25, 0.3) is 11.0 Å². The second-order valence-electron chi connectivity index (χ2n) is 9.24. The number of carbonyl (C=O) groups excluding carboxylic acids is 1. The van der Waals surface area contributed by atoms with Crippen LogP contribution in [-0.4, -0.2) is 80.9 Å². The van der Waals surface area contributed by atoms with E-state index in [1.807, 2.05) is 18.2 Å². The standard InChI is InChI=1S/C27H33N7O6S/c1-17(35)11-13-40-25-21(14-18(38-4)15-22(25)39-5)30-26-27(29-20-9-7-6-8-19(20)28-26)32-41(37)23-10-12-34(31-23)16-24(36)33(2)3/h6-10,12,14-15,17,35H,11,13,16H2,1-5H3,(H,28,30)(H,29,32). The Kier molecular flexibility index (Phi) is 9.57. The van der Waals surface area contributed by atoms with Crippen LogP contribution in [0.5, 0.6) is 17.2 Å². The summed E-state index contributed by atoms with van der Waals surface area (Å²) in [4.78, 5) is 22.9. The molecule has 1 amide bonds. The summed E-state index contributed by atoms with van der Waals surface area (Å²) in [6.07, 6.45) is 1.45. The molecule has 14 heteroatoms. The second kappa shape index (κ2) is 13.3. The second-order valence-corrected chi connectivity index (χ2v) is 10.4. The largest absolute Gasteiger partial charge is 0.497 e. The van der Waals surface area contributed by atoms with Crippen LogP contribution in [0.4, 0.5) is 17.3 Å². The Morgan fingerprint density at radius 3 is 2.44 bits per heavy atom. The smallest absolute Gasteiger partial charge is 0.243 e. The summed E-state index contributed by atoms with van der Waals surface area (Å²) in [5.41, 5.74) is 1.64. The Morgan fingerprint density at radius 1 is 1.10 bits per heavy atom. The average Bonchev–Trinajstić information content (AvgIpc) is 3.42. The van der Waals surface area contributed by atoms with Crippen LogP contribution in [0.2, 0.25) is 0 Å². The minimum Gasteiger partial charge on any atom is -0.497 e. The van der Waals surface area contributed by atoms with Crippen molar-refractivity contribution in [2.45, 2.75) is 31.0 Å². The molecule has 4 aromatic rings. The molecule has 2 unspecified atom stereocenters. The Balaban J connectivity index is 1.69. The van der Waals surface area contributed by atoms with Crippen LogP contribution >= 0.6 is 0 Å². The number of ether oxygens (including phenoxy) is 3. The molecule has 2 aromatic carbocycles. The van der Waals surface area contributed by atoms with Gasteiger partial charge in [0, 0.05) is 38.8 Å². The number of hydrogen-bond acceptors (Lipinski definition) is 10. The van der Waals surface area contributed by atoms with Crippen molar-refractivity contribution >= 4 is 45.2 Å². The number of rotatable bonds is 13. The summed E-state index contributed by atoms with van der Waals surface area (Å²) < 4.78 is 34.6. The van der Waals surface area contributed by atoms with Crippen molar-refractivity contribution in [1.29, 1.82) is 0 Å². The summed E-state index contributed by atoms with van der Waals surface area (Å²) in [7, 11) is 4.51. The van der Waals surface area contributed by atoms with Crippen LogP contribution in [0.3, 0.4) is 0 Å². The third-order valence-electron chi connectivity index (χ3n) is 5.88. The number of fused-ring (bicyclic) bond motifs is 1. The molecule has 3 N–H and O–H groups in total. The Bertz CT molecular complexity index is 1540. The molecule has 0 aliphatic heterocycles. The van der Waals surface area contributed by atoms with Crippen LogP contribution in [0.1, 0.15) is 13.3 Å². The van der Waals surface area contributed by atoms with E-state index in [0.29, 0.717) is 40.4 Å². The van der Waals surface area contributed by atoms with Crippen LogP contribution in [-0.2, 0) is 22.3 Å². The van der Waals surface area contributed by atoms with Gasteiger partial charge in [0.25, 0.3) is 0 Å². The number of carbonyl (C=O) groups is 1. The molecule has 2 atom stereocenters. The lowest BCUT2D eigenvalue weighted by Gasteiger charge is -2.19. The number of para-hydroxylation sites is 2. The number of anilines is 3. The molecule has 2 heterocycles. The number of likely N-dealkylation sites (N-methyl/N-ethyl adjacent to an activating group) is 1. The molecule has 0 aliphatic rings. The molecular formula is C27H33N7O6S. The summed E-state index contributed by atoms with van der Waals surface area (Å²) in [6, 6.07) is 12.2. The number of amides is 1. The maximum atomic E-state index is 13.3. The fourth-order valence-corrected chi connectivity index (χ4v) is 4.44. The zero-order valence-corrected chi connectivity index (χ0v) is 24.3. The Morgan fingerprint density at radius 2 is 1.80 bits per heavy atom. The van der Waals surface area contributed by atoms with Gasteiger partial charge in [-0.3, -0.25) is 14.2 Å². The molecular weight excluding hydrogens is 550 g/mol. The molecule has 4 rings (SSSR count). The third kappa shape index (κ3) is 7.41. The fraction of sp³-hybridized carbons (Fsp3) is 0.333. The van der Waals surface area contributed by atoms with Gasteiger partial charge in [0.1, 0.15) is 12.3 Å². The highest BCUT2D eigenvalue weighted by molar-refractivity contribution is 7.86.